The average molecular weight is 389 g/mol. The Labute approximate surface area is 157 Å². The number of rotatable bonds is 6. The second-order valence-electron chi connectivity index (χ2n) is 6.51. The third-order valence-electron chi connectivity index (χ3n) is 4.70. The molecule has 0 spiro atoms. The van der Waals surface area contributed by atoms with Crippen molar-refractivity contribution in [2.45, 2.75) is 23.6 Å². The first-order valence-corrected chi connectivity index (χ1v) is 10.9. The second kappa shape index (κ2) is 7.30. The Morgan fingerprint density at radius 2 is 2.00 bits per heavy atom. The summed E-state index contributed by atoms with van der Waals surface area (Å²) in [7, 11) is -3.36. The van der Waals surface area contributed by atoms with E-state index in [9.17, 15) is 8.42 Å². The number of sulfonamides is 1. The van der Waals surface area contributed by atoms with Crippen LogP contribution in [0.25, 0.3) is 0 Å². The van der Waals surface area contributed by atoms with Gasteiger partial charge in [0.25, 0.3) is 10.0 Å². The third-order valence-corrected chi connectivity index (χ3v) is 7.94. The van der Waals surface area contributed by atoms with Crippen LogP contribution in [0.3, 0.4) is 0 Å². The van der Waals surface area contributed by atoms with Gasteiger partial charge in [-0.25, -0.2) is 8.42 Å². The molecular formula is C18H20N4O2S2. The first-order valence-electron chi connectivity index (χ1n) is 8.57. The van der Waals surface area contributed by atoms with Crippen LogP contribution in [0.1, 0.15) is 17.8 Å². The molecule has 1 aromatic carbocycles. The van der Waals surface area contributed by atoms with Crippen molar-refractivity contribution >= 4 is 21.4 Å². The van der Waals surface area contributed by atoms with Crippen molar-refractivity contribution in [1.82, 2.24) is 19.1 Å². The van der Waals surface area contributed by atoms with Crippen molar-refractivity contribution < 1.29 is 8.42 Å². The van der Waals surface area contributed by atoms with Crippen molar-refractivity contribution in [2.24, 2.45) is 5.92 Å². The maximum atomic E-state index is 12.7. The number of hydrogen-bond donors (Lipinski definition) is 0. The highest BCUT2D eigenvalue weighted by atomic mass is 32.2. The fourth-order valence-electron chi connectivity index (χ4n) is 3.33. The van der Waals surface area contributed by atoms with Crippen molar-refractivity contribution in [3.8, 4) is 0 Å². The van der Waals surface area contributed by atoms with E-state index in [0.717, 1.165) is 25.2 Å². The number of nitrogens with zero attached hydrogens (tertiary/aromatic N) is 4. The van der Waals surface area contributed by atoms with Crippen molar-refractivity contribution in [2.75, 3.05) is 13.1 Å². The normalized spacial score (nSPS) is 18.4. The minimum absolute atomic E-state index is 0.267. The first-order chi connectivity index (χ1) is 12.6. The summed E-state index contributed by atoms with van der Waals surface area (Å²) in [4.78, 5) is 0. The molecule has 8 heteroatoms. The Balaban J connectivity index is 1.43. The van der Waals surface area contributed by atoms with Crippen molar-refractivity contribution in [3.63, 3.8) is 0 Å². The second-order valence-corrected chi connectivity index (χ2v) is 9.63. The average Bonchev–Trinajstić information content (AvgIpc) is 3.38. The van der Waals surface area contributed by atoms with Crippen LogP contribution in [0, 0.1) is 5.92 Å². The van der Waals surface area contributed by atoms with Gasteiger partial charge < -0.3 is 4.57 Å². The lowest BCUT2D eigenvalue weighted by atomic mass is 10.0. The van der Waals surface area contributed by atoms with Crippen LogP contribution in [0.2, 0.25) is 0 Å². The molecule has 0 N–H and O–H groups in total. The molecule has 1 unspecified atom stereocenters. The van der Waals surface area contributed by atoms with Gasteiger partial charge in [-0.3, -0.25) is 0 Å². The Bertz CT molecular complexity index is 952. The molecule has 3 aromatic rings. The van der Waals surface area contributed by atoms with Crippen LogP contribution < -0.4 is 0 Å². The van der Waals surface area contributed by atoms with Crippen LogP contribution in [-0.2, 0) is 23.0 Å². The third kappa shape index (κ3) is 3.58. The van der Waals surface area contributed by atoms with Gasteiger partial charge in [0.15, 0.2) is 0 Å². The molecule has 1 atom stereocenters. The smallest absolute Gasteiger partial charge is 0.252 e. The predicted octanol–water partition coefficient (Wildman–Crippen LogP) is 2.64. The highest BCUT2D eigenvalue weighted by molar-refractivity contribution is 7.91. The summed E-state index contributed by atoms with van der Waals surface area (Å²) in [6, 6.07) is 13.6. The molecule has 1 aliphatic heterocycles. The number of benzene rings is 1. The van der Waals surface area contributed by atoms with Crippen molar-refractivity contribution in [3.05, 3.63) is 65.6 Å². The number of thiophene rings is 1. The lowest BCUT2D eigenvalue weighted by molar-refractivity contribution is 0.452. The first kappa shape index (κ1) is 17.4. The van der Waals surface area contributed by atoms with E-state index in [4.69, 9.17) is 0 Å². The maximum absolute atomic E-state index is 12.7. The molecule has 4 rings (SSSR count). The number of hydrogen-bond acceptors (Lipinski definition) is 5. The molecule has 2 aromatic heterocycles. The highest BCUT2D eigenvalue weighted by Gasteiger charge is 2.33. The molecule has 136 valence electrons. The molecule has 1 fully saturated rings. The lowest BCUT2D eigenvalue weighted by Gasteiger charge is -2.15. The van der Waals surface area contributed by atoms with Gasteiger partial charge in [-0.1, -0.05) is 36.4 Å². The van der Waals surface area contributed by atoms with E-state index in [2.05, 4.69) is 22.3 Å². The summed E-state index contributed by atoms with van der Waals surface area (Å²) in [5, 5.41) is 10.1. The minimum atomic E-state index is -3.36. The molecular weight excluding hydrogens is 368 g/mol. The molecule has 1 saturated heterocycles. The fraction of sp³-hybridized carbons (Fsp3) is 0.333. The molecule has 0 bridgehead atoms. The van der Waals surface area contributed by atoms with Crippen LogP contribution in [0.15, 0.2) is 58.4 Å². The summed E-state index contributed by atoms with van der Waals surface area (Å²) in [6.07, 6.45) is 3.34. The summed E-state index contributed by atoms with van der Waals surface area (Å²) in [5.41, 5.74) is 1.20. The van der Waals surface area contributed by atoms with Crippen LogP contribution in [0.5, 0.6) is 0 Å². The molecule has 0 amide bonds. The molecule has 6 nitrogen and oxygen atoms in total. The maximum Gasteiger partial charge on any atom is 0.252 e. The summed E-state index contributed by atoms with van der Waals surface area (Å²) < 4.78 is 29.4. The van der Waals surface area contributed by atoms with E-state index < -0.39 is 10.0 Å². The zero-order valence-electron chi connectivity index (χ0n) is 14.2. The standard InChI is InChI=1S/C18H20N4O2S2/c23-26(24,18-7-4-10-25-18)22-9-8-16(13-22)11-17-20-19-14-21(17)12-15-5-2-1-3-6-15/h1-7,10,14,16H,8-9,11-13H2. The van der Waals surface area contributed by atoms with Gasteiger partial charge >= 0.3 is 0 Å². The highest BCUT2D eigenvalue weighted by Crippen LogP contribution is 2.28. The van der Waals surface area contributed by atoms with Crippen LogP contribution in [0.4, 0.5) is 0 Å². The largest absolute Gasteiger partial charge is 0.313 e. The van der Waals surface area contributed by atoms with Gasteiger partial charge in [-0.15, -0.1) is 21.5 Å². The van der Waals surface area contributed by atoms with Crippen LogP contribution in [-0.4, -0.2) is 40.6 Å². The quantitative estimate of drug-likeness (QED) is 0.651. The van der Waals surface area contributed by atoms with E-state index in [0.29, 0.717) is 17.3 Å². The van der Waals surface area contributed by atoms with Gasteiger partial charge in [0.2, 0.25) is 0 Å². The lowest BCUT2D eigenvalue weighted by Crippen LogP contribution is -2.28. The molecule has 26 heavy (non-hydrogen) atoms. The minimum Gasteiger partial charge on any atom is -0.313 e. The SMILES string of the molecule is O=S(=O)(c1cccs1)N1CCC(Cc2nncn2Cc2ccccc2)C1. The number of aromatic nitrogens is 3. The molecule has 0 radical (unpaired) electrons. The van der Waals surface area contributed by atoms with E-state index in [1.807, 2.05) is 22.8 Å². The van der Waals surface area contributed by atoms with Gasteiger partial charge in [-0.05, 0) is 29.3 Å². The Kier molecular flexibility index (Phi) is 4.88. The van der Waals surface area contributed by atoms with Gasteiger partial charge in [0.1, 0.15) is 16.4 Å². The van der Waals surface area contributed by atoms with Gasteiger partial charge in [-0.2, -0.15) is 4.31 Å². The fourth-order valence-corrected chi connectivity index (χ4v) is 6.00. The van der Waals surface area contributed by atoms with E-state index in [1.54, 1.807) is 28.1 Å². The Hall–Kier alpha value is -2.03. The van der Waals surface area contributed by atoms with Gasteiger partial charge in [0, 0.05) is 19.5 Å². The zero-order valence-corrected chi connectivity index (χ0v) is 15.9. The summed E-state index contributed by atoms with van der Waals surface area (Å²) >= 11 is 1.27. The molecule has 0 aliphatic carbocycles. The molecule has 3 heterocycles. The van der Waals surface area contributed by atoms with E-state index in [-0.39, 0.29) is 5.92 Å². The topological polar surface area (TPSA) is 68.1 Å². The van der Waals surface area contributed by atoms with Gasteiger partial charge in [0.05, 0.1) is 6.54 Å². The monoisotopic (exact) mass is 388 g/mol. The molecule has 0 saturated carbocycles. The van der Waals surface area contributed by atoms with E-state index in [1.165, 1.54) is 16.9 Å². The van der Waals surface area contributed by atoms with Crippen LogP contribution >= 0.6 is 11.3 Å². The predicted molar refractivity (Wildman–Crippen MR) is 100 cm³/mol. The Morgan fingerprint density at radius 1 is 1.15 bits per heavy atom. The van der Waals surface area contributed by atoms with Crippen molar-refractivity contribution in [1.29, 1.82) is 0 Å². The zero-order chi connectivity index (χ0) is 18.0. The summed E-state index contributed by atoms with van der Waals surface area (Å²) in [6.45, 7) is 1.84. The summed E-state index contributed by atoms with van der Waals surface area (Å²) in [5.74, 6) is 1.18. The van der Waals surface area contributed by atoms with E-state index >= 15 is 0 Å². The molecule has 1 aliphatic rings. The Morgan fingerprint density at radius 3 is 2.77 bits per heavy atom.